The molecule has 0 saturated carbocycles. The van der Waals surface area contributed by atoms with E-state index < -0.39 is 11.6 Å². The van der Waals surface area contributed by atoms with Gasteiger partial charge in [-0.15, -0.1) is 0 Å². The van der Waals surface area contributed by atoms with Crippen LogP contribution in [0.15, 0.2) is 66.9 Å². The number of fused-ring (bicyclic) bond motifs is 5. The minimum Gasteiger partial charge on any atom is -0.298 e. The van der Waals surface area contributed by atoms with Gasteiger partial charge >= 0.3 is 0 Å². The molecule has 0 fully saturated rings. The van der Waals surface area contributed by atoms with Crippen molar-refractivity contribution in [1.29, 1.82) is 0 Å². The van der Waals surface area contributed by atoms with Crippen molar-refractivity contribution in [1.82, 2.24) is 14.4 Å². The van der Waals surface area contributed by atoms with Gasteiger partial charge in [0.1, 0.15) is 34.0 Å². The van der Waals surface area contributed by atoms with Crippen LogP contribution >= 0.6 is 0 Å². The molecule has 0 amide bonds. The number of aromatic nitrogens is 3. The van der Waals surface area contributed by atoms with Gasteiger partial charge in [-0.05, 0) is 30.3 Å². The fourth-order valence-corrected chi connectivity index (χ4v) is 3.25. The molecule has 0 radical (unpaired) electrons. The predicted molar refractivity (Wildman–Crippen MR) is 93.4 cm³/mol. The van der Waals surface area contributed by atoms with E-state index in [2.05, 4.69) is 9.97 Å². The Labute approximate surface area is 141 Å². The lowest BCUT2D eigenvalue weighted by atomic mass is 10.1. The van der Waals surface area contributed by atoms with Crippen LogP contribution < -0.4 is 0 Å². The molecule has 3 aromatic heterocycles. The molecule has 0 aliphatic rings. The summed E-state index contributed by atoms with van der Waals surface area (Å²) in [5.74, 6) is -1.29. The molecular weight excluding hydrogens is 320 g/mol. The topological polar surface area (TPSA) is 30.2 Å². The summed E-state index contributed by atoms with van der Waals surface area (Å²) in [7, 11) is 0. The number of benzene rings is 2. The Balaban J connectivity index is 2.07. The van der Waals surface area contributed by atoms with Gasteiger partial charge in [0.05, 0.1) is 11.1 Å². The standard InChI is InChI=1S/C20H11F2N3/c21-13-7-5-8-14(22)17(13)19-20-18(12-6-1-2-9-15(12)23-19)24-16-10-3-4-11-25(16)20/h1-11H. The lowest BCUT2D eigenvalue weighted by molar-refractivity contribution is 0.589. The Hall–Kier alpha value is -3.34. The van der Waals surface area contributed by atoms with Crippen molar-refractivity contribution in [3.8, 4) is 11.3 Å². The maximum Gasteiger partial charge on any atom is 0.137 e. The lowest BCUT2D eigenvalue weighted by Gasteiger charge is -2.09. The van der Waals surface area contributed by atoms with Crippen LogP contribution in [0.25, 0.3) is 38.8 Å². The predicted octanol–water partition coefficient (Wildman–Crippen LogP) is 4.98. The van der Waals surface area contributed by atoms with Crippen LogP contribution in [-0.2, 0) is 0 Å². The largest absolute Gasteiger partial charge is 0.298 e. The Kier molecular flexibility index (Phi) is 2.85. The highest BCUT2D eigenvalue weighted by Crippen LogP contribution is 2.35. The molecule has 2 aromatic carbocycles. The summed E-state index contributed by atoms with van der Waals surface area (Å²) in [6.45, 7) is 0. The van der Waals surface area contributed by atoms with Gasteiger partial charge in [-0.25, -0.2) is 18.7 Å². The average Bonchev–Trinajstić information content (AvgIpc) is 3.01. The van der Waals surface area contributed by atoms with Gasteiger partial charge < -0.3 is 0 Å². The van der Waals surface area contributed by atoms with Crippen molar-refractivity contribution < 1.29 is 8.78 Å². The molecule has 5 heteroatoms. The third kappa shape index (κ3) is 1.96. The molecular formula is C20H11F2N3. The first kappa shape index (κ1) is 14.0. The van der Waals surface area contributed by atoms with Crippen molar-refractivity contribution >= 4 is 27.6 Å². The summed E-state index contributed by atoms with van der Waals surface area (Å²) in [5.41, 5.74) is 2.74. The van der Waals surface area contributed by atoms with E-state index in [0.29, 0.717) is 22.2 Å². The van der Waals surface area contributed by atoms with E-state index in [4.69, 9.17) is 0 Å². The van der Waals surface area contributed by atoms with Crippen molar-refractivity contribution in [3.63, 3.8) is 0 Å². The molecule has 0 saturated heterocycles. The Bertz CT molecular complexity index is 1250. The van der Waals surface area contributed by atoms with E-state index in [1.54, 1.807) is 0 Å². The van der Waals surface area contributed by atoms with Gasteiger partial charge in [0.25, 0.3) is 0 Å². The van der Waals surface area contributed by atoms with Crippen LogP contribution in [0.1, 0.15) is 0 Å². The van der Waals surface area contributed by atoms with E-state index in [-0.39, 0.29) is 11.3 Å². The molecule has 3 nitrogen and oxygen atoms in total. The highest BCUT2D eigenvalue weighted by atomic mass is 19.1. The molecule has 0 N–H and O–H groups in total. The third-order valence-corrected chi connectivity index (χ3v) is 4.35. The molecule has 3 heterocycles. The highest BCUT2D eigenvalue weighted by Gasteiger charge is 2.20. The molecule has 0 unspecified atom stereocenters. The SMILES string of the molecule is Fc1cccc(F)c1-c1nc2ccccc2c2nc3ccccn3c12. The van der Waals surface area contributed by atoms with E-state index in [1.165, 1.54) is 18.2 Å². The fraction of sp³-hybridized carbons (Fsp3) is 0. The Morgan fingerprint density at radius 3 is 2.36 bits per heavy atom. The first-order chi connectivity index (χ1) is 12.2. The van der Waals surface area contributed by atoms with Crippen LogP contribution in [0.4, 0.5) is 8.78 Å². The number of hydrogen-bond donors (Lipinski definition) is 0. The fourth-order valence-electron chi connectivity index (χ4n) is 3.25. The lowest BCUT2D eigenvalue weighted by Crippen LogP contribution is -1.96. The minimum atomic E-state index is -0.644. The molecule has 0 spiro atoms. The summed E-state index contributed by atoms with van der Waals surface area (Å²) < 4.78 is 30.7. The second kappa shape index (κ2) is 5.08. The second-order valence-electron chi connectivity index (χ2n) is 5.81. The van der Waals surface area contributed by atoms with Crippen molar-refractivity contribution in [3.05, 3.63) is 78.5 Å². The molecule has 120 valence electrons. The van der Waals surface area contributed by atoms with Gasteiger partial charge in [0, 0.05) is 11.6 Å². The van der Waals surface area contributed by atoms with Crippen molar-refractivity contribution in [2.24, 2.45) is 0 Å². The molecule has 0 atom stereocenters. The van der Waals surface area contributed by atoms with E-state index >= 15 is 0 Å². The summed E-state index contributed by atoms with van der Waals surface area (Å²) in [5, 5.41) is 0.849. The van der Waals surface area contributed by atoms with Crippen molar-refractivity contribution in [2.75, 3.05) is 0 Å². The maximum atomic E-state index is 14.5. The number of hydrogen-bond acceptors (Lipinski definition) is 2. The van der Waals surface area contributed by atoms with Crippen LogP contribution in [-0.4, -0.2) is 14.4 Å². The average molecular weight is 331 g/mol. The van der Waals surface area contributed by atoms with Gasteiger partial charge in [0.15, 0.2) is 0 Å². The molecule has 0 bridgehead atoms. The minimum absolute atomic E-state index is 0.135. The second-order valence-corrected chi connectivity index (χ2v) is 5.81. The van der Waals surface area contributed by atoms with Crippen LogP contribution in [0.5, 0.6) is 0 Å². The van der Waals surface area contributed by atoms with Gasteiger partial charge in [-0.3, -0.25) is 4.40 Å². The van der Waals surface area contributed by atoms with Gasteiger partial charge in [-0.1, -0.05) is 30.3 Å². The summed E-state index contributed by atoms with van der Waals surface area (Å²) in [4.78, 5) is 9.24. The van der Waals surface area contributed by atoms with E-state index in [9.17, 15) is 8.78 Å². The zero-order valence-electron chi connectivity index (χ0n) is 12.9. The van der Waals surface area contributed by atoms with E-state index in [1.807, 2.05) is 53.1 Å². The Morgan fingerprint density at radius 2 is 1.52 bits per heavy atom. The number of para-hydroxylation sites is 1. The third-order valence-electron chi connectivity index (χ3n) is 4.35. The first-order valence-corrected chi connectivity index (χ1v) is 7.84. The monoisotopic (exact) mass is 331 g/mol. The molecule has 5 aromatic rings. The summed E-state index contributed by atoms with van der Waals surface area (Å²) >= 11 is 0. The first-order valence-electron chi connectivity index (χ1n) is 7.84. The molecule has 0 aliphatic carbocycles. The van der Waals surface area contributed by atoms with Gasteiger partial charge in [-0.2, -0.15) is 0 Å². The zero-order valence-corrected chi connectivity index (χ0v) is 12.9. The van der Waals surface area contributed by atoms with E-state index in [0.717, 1.165) is 5.39 Å². The normalized spacial score (nSPS) is 11.6. The number of imidazole rings is 1. The van der Waals surface area contributed by atoms with Gasteiger partial charge in [0.2, 0.25) is 0 Å². The zero-order chi connectivity index (χ0) is 17.0. The summed E-state index contributed by atoms with van der Waals surface area (Å²) in [6.07, 6.45) is 1.82. The smallest absolute Gasteiger partial charge is 0.137 e. The summed E-state index contributed by atoms with van der Waals surface area (Å²) in [6, 6.07) is 16.9. The highest BCUT2D eigenvalue weighted by molar-refractivity contribution is 6.09. The molecule has 0 aliphatic heterocycles. The quantitative estimate of drug-likeness (QED) is 0.433. The number of pyridine rings is 2. The van der Waals surface area contributed by atoms with Crippen LogP contribution in [0.3, 0.4) is 0 Å². The molecule has 25 heavy (non-hydrogen) atoms. The Morgan fingerprint density at radius 1 is 0.760 bits per heavy atom. The van der Waals surface area contributed by atoms with Crippen LogP contribution in [0.2, 0.25) is 0 Å². The number of nitrogens with zero attached hydrogens (tertiary/aromatic N) is 3. The number of halogens is 2. The van der Waals surface area contributed by atoms with Crippen molar-refractivity contribution in [2.45, 2.75) is 0 Å². The maximum absolute atomic E-state index is 14.5. The molecule has 5 rings (SSSR count). The number of rotatable bonds is 1. The van der Waals surface area contributed by atoms with Crippen LogP contribution in [0, 0.1) is 11.6 Å².